The van der Waals surface area contributed by atoms with Crippen molar-refractivity contribution in [3.05, 3.63) is 12.2 Å². The van der Waals surface area contributed by atoms with Gasteiger partial charge >= 0.3 is 0 Å². The number of rotatable bonds is 4. The predicted molar refractivity (Wildman–Crippen MR) is 55.5 cm³/mol. The summed E-state index contributed by atoms with van der Waals surface area (Å²) in [5.41, 5.74) is 0. The highest BCUT2D eigenvalue weighted by molar-refractivity contribution is 5.76. The monoisotopic (exact) mass is 225 g/mol. The zero-order chi connectivity index (χ0) is 11.2. The summed E-state index contributed by atoms with van der Waals surface area (Å²) in [7, 11) is 0. The molecule has 7 heteroatoms. The Morgan fingerprint density at radius 2 is 2.62 bits per heavy atom. The molecule has 1 amide bonds. The number of carbonyl (C=O) groups excluding carboxylic acids is 1. The molecule has 0 spiro atoms. The fourth-order valence-electron chi connectivity index (χ4n) is 1.53. The third-order valence-corrected chi connectivity index (χ3v) is 2.34. The molecule has 1 aliphatic heterocycles. The minimum Gasteiger partial charge on any atom is -0.375 e. The molecule has 1 aliphatic rings. The molecule has 0 aliphatic carbocycles. The highest BCUT2D eigenvalue weighted by Gasteiger charge is 2.17. The minimum atomic E-state index is -0.0369. The molecule has 0 saturated carbocycles. The van der Waals surface area contributed by atoms with Crippen LogP contribution in [0.4, 0.5) is 0 Å². The van der Waals surface area contributed by atoms with Gasteiger partial charge in [0.15, 0.2) is 0 Å². The number of morpholine rings is 1. The molecule has 3 N–H and O–H groups in total. The van der Waals surface area contributed by atoms with Gasteiger partial charge in [0.05, 0.1) is 25.7 Å². The van der Waals surface area contributed by atoms with E-state index in [2.05, 4.69) is 25.8 Å². The lowest BCUT2D eigenvalue weighted by atomic mass is 10.2. The van der Waals surface area contributed by atoms with E-state index >= 15 is 0 Å². The van der Waals surface area contributed by atoms with Crippen LogP contribution in [0, 0.1) is 0 Å². The lowest BCUT2D eigenvalue weighted by Crippen LogP contribution is -2.41. The van der Waals surface area contributed by atoms with E-state index in [0.717, 1.165) is 13.1 Å². The molecule has 7 nitrogen and oxygen atoms in total. The zero-order valence-corrected chi connectivity index (χ0v) is 8.90. The van der Waals surface area contributed by atoms with E-state index in [1.165, 1.54) is 6.33 Å². The number of nitrogens with one attached hydrogen (secondary N) is 3. The van der Waals surface area contributed by atoms with E-state index in [0.29, 0.717) is 25.4 Å². The number of hydrogen-bond acceptors (Lipinski definition) is 5. The van der Waals surface area contributed by atoms with Gasteiger partial charge in [-0.05, 0) is 0 Å². The van der Waals surface area contributed by atoms with Gasteiger partial charge in [-0.1, -0.05) is 0 Å². The first-order chi connectivity index (χ1) is 7.84. The van der Waals surface area contributed by atoms with Crippen molar-refractivity contribution in [2.45, 2.75) is 19.1 Å². The number of carbonyl (C=O) groups is 1. The Bertz CT molecular complexity index is 321. The normalized spacial score (nSPS) is 20.6. The second-order valence-corrected chi connectivity index (χ2v) is 3.61. The lowest BCUT2D eigenvalue weighted by molar-refractivity contribution is -0.124. The average Bonchev–Trinajstić information content (AvgIpc) is 2.81. The summed E-state index contributed by atoms with van der Waals surface area (Å²) >= 11 is 0. The molecule has 1 aromatic heterocycles. The molecule has 1 saturated heterocycles. The number of amides is 1. The molecule has 88 valence electrons. The quantitative estimate of drug-likeness (QED) is 0.598. The Morgan fingerprint density at radius 1 is 1.69 bits per heavy atom. The van der Waals surface area contributed by atoms with Crippen molar-refractivity contribution in [2.75, 3.05) is 19.7 Å². The number of ether oxygens (including phenoxy) is 1. The molecule has 0 radical (unpaired) electrons. The molecule has 1 atom stereocenters. The van der Waals surface area contributed by atoms with Crippen molar-refractivity contribution in [3.8, 4) is 0 Å². The van der Waals surface area contributed by atoms with Gasteiger partial charge in [0, 0.05) is 13.1 Å². The standard InChI is InChI=1S/C9H15N5O2/c15-9(3-7-4-10-1-2-16-7)11-5-8-12-6-13-14-8/h6-7,10H,1-5H2,(H,11,15)(H,12,13,14). The topological polar surface area (TPSA) is 91.9 Å². The second-order valence-electron chi connectivity index (χ2n) is 3.61. The Balaban J connectivity index is 1.67. The highest BCUT2D eigenvalue weighted by Crippen LogP contribution is 2.01. The fraction of sp³-hybridized carbons (Fsp3) is 0.667. The smallest absolute Gasteiger partial charge is 0.223 e. The van der Waals surface area contributed by atoms with Crippen LogP contribution in [-0.2, 0) is 16.1 Å². The van der Waals surface area contributed by atoms with Crippen LogP contribution in [0.2, 0.25) is 0 Å². The number of nitrogens with zero attached hydrogens (tertiary/aromatic N) is 2. The van der Waals surface area contributed by atoms with Crippen LogP contribution < -0.4 is 10.6 Å². The summed E-state index contributed by atoms with van der Waals surface area (Å²) in [6, 6.07) is 0. The van der Waals surface area contributed by atoms with Crippen molar-refractivity contribution in [2.24, 2.45) is 0 Å². The van der Waals surface area contributed by atoms with E-state index in [-0.39, 0.29) is 12.0 Å². The number of aromatic amines is 1. The molecule has 1 unspecified atom stereocenters. The summed E-state index contributed by atoms with van der Waals surface area (Å²) in [6.45, 7) is 2.63. The maximum absolute atomic E-state index is 11.5. The van der Waals surface area contributed by atoms with Crippen molar-refractivity contribution in [1.29, 1.82) is 0 Å². The average molecular weight is 225 g/mol. The first-order valence-corrected chi connectivity index (χ1v) is 5.28. The van der Waals surface area contributed by atoms with Crippen LogP contribution in [-0.4, -0.2) is 46.9 Å². The highest BCUT2D eigenvalue weighted by atomic mass is 16.5. The van der Waals surface area contributed by atoms with Gasteiger partial charge in [-0.3, -0.25) is 9.89 Å². The van der Waals surface area contributed by atoms with E-state index in [1.807, 2.05) is 0 Å². The Kier molecular flexibility index (Phi) is 3.84. The van der Waals surface area contributed by atoms with Crippen LogP contribution in [0.3, 0.4) is 0 Å². The van der Waals surface area contributed by atoms with Crippen molar-refractivity contribution in [3.63, 3.8) is 0 Å². The van der Waals surface area contributed by atoms with Gasteiger partial charge in [0.25, 0.3) is 0 Å². The Morgan fingerprint density at radius 3 is 3.31 bits per heavy atom. The molecular formula is C9H15N5O2. The lowest BCUT2D eigenvalue weighted by Gasteiger charge is -2.22. The van der Waals surface area contributed by atoms with E-state index in [4.69, 9.17) is 4.74 Å². The second kappa shape index (κ2) is 5.57. The molecule has 0 aromatic carbocycles. The van der Waals surface area contributed by atoms with E-state index in [1.54, 1.807) is 0 Å². The molecule has 2 heterocycles. The first-order valence-electron chi connectivity index (χ1n) is 5.28. The summed E-state index contributed by atoms with van der Waals surface area (Å²) in [5, 5.41) is 12.3. The molecule has 2 rings (SSSR count). The third-order valence-electron chi connectivity index (χ3n) is 2.34. The van der Waals surface area contributed by atoms with Crippen molar-refractivity contribution in [1.82, 2.24) is 25.8 Å². The predicted octanol–water partition coefficient (Wildman–Crippen LogP) is -1.20. The number of H-pyrrole nitrogens is 1. The molecular weight excluding hydrogens is 210 g/mol. The van der Waals surface area contributed by atoms with Crippen LogP contribution in [0.1, 0.15) is 12.2 Å². The summed E-state index contributed by atoms with van der Waals surface area (Å²) in [4.78, 5) is 15.4. The van der Waals surface area contributed by atoms with E-state index in [9.17, 15) is 4.79 Å². The largest absolute Gasteiger partial charge is 0.375 e. The SMILES string of the molecule is O=C(CC1CNCCO1)NCc1ncn[nH]1. The molecule has 1 fully saturated rings. The third kappa shape index (κ3) is 3.28. The first kappa shape index (κ1) is 11.0. The molecule has 0 bridgehead atoms. The number of hydrogen-bond donors (Lipinski definition) is 3. The van der Waals surface area contributed by atoms with Crippen LogP contribution in [0.5, 0.6) is 0 Å². The molecule has 1 aromatic rings. The van der Waals surface area contributed by atoms with Gasteiger partial charge in [0.2, 0.25) is 5.91 Å². The summed E-state index contributed by atoms with van der Waals surface area (Å²) in [6.07, 6.45) is 1.76. The number of aromatic nitrogens is 3. The Labute approximate surface area is 93.0 Å². The fourth-order valence-corrected chi connectivity index (χ4v) is 1.53. The Hall–Kier alpha value is -1.47. The van der Waals surface area contributed by atoms with Crippen LogP contribution in [0.15, 0.2) is 6.33 Å². The van der Waals surface area contributed by atoms with Gasteiger partial charge in [-0.25, -0.2) is 4.98 Å². The van der Waals surface area contributed by atoms with Crippen LogP contribution >= 0.6 is 0 Å². The maximum Gasteiger partial charge on any atom is 0.223 e. The van der Waals surface area contributed by atoms with Gasteiger partial charge < -0.3 is 15.4 Å². The summed E-state index contributed by atoms with van der Waals surface area (Å²) in [5.74, 6) is 0.612. The summed E-state index contributed by atoms with van der Waals surface area (Å²) < 4.78 is 5.43. The maximum atomic E-state index is 11.5. The van der Waals surface area contributed by atoms with Crippen molar-refractivity contribution < 1.29 is 9.53 Å². The minimum absolute atomic E-state index is 0.0246. The van der Waals surface area contributed by atoms with Crippen LogP contribution in [0.25, 0.3) is 0 Å². The van der Waals surface area contributed by atoms with E-state index < -0.39 is 0 Å². The zero-order valence-electron chi connectivity index (χ0n) is 8.90. The van der Waals surface area contributed by atoms with Crippen molar-refractivity contribution >= 4 is 5.91 Å². The molecule has 16 heavy (non-hydrogen) atoms. The van der Waals surface area contributed by atoms with Gasteiger partial charge in [-0.2, -0.15) is 5.10 Å². The van der Waals surface area contributed by atoms with Gasteiger partial charge in [-0.15, -0.1) is 0 Å². The van der Waals surface area contributed by atoms with Gasteiger partial charge in [0.1, 0.15) is 12.2 Å².